The second-order valence-electron chi connectivity index (χ2n) is 8.92. The molecule has 3 fully saturated rings. The second kappa shape index (κ2) is 6.35. The van der Waals surface area contributed by atoms with Crippen LogP contribution in [0.15, 0.2) is 42.5 Å². The van der Waals surface area contributed by atoms with E-state index in [-0.39, 0.29) is 46.0 Å². The molecule has 2 aromatic carbocycles. The molecule has 6 rings (SSSR count). The molecule has 1 saturated heterocycles. The molecular formula is C24H18N2O6. The number of anilines is 2. The minimum atomic E-state index is -1.19. The van der Waals surface area contributed by atoms with Gasteiger partial charge in [0.15, 0.2) is 0 Å². The van der Waals surface area contributed by atoms with Crippen LogP contribution in [0.4, 0.5) is 11.4 Å². The van der Waals surface area contributed by atoms with Crippen LogP contribution in [0.5, 0.6) is 0 Å². The molecule has 160 valence electrons. The zero-order valence-electron chi connectivity index (χ0n) is 16.9. The zero-order valence-corrected chi connectivity index (χ0v) is 16.9. The molecule has 0 spiro atoms. The smallest absolute Gasteiger partial charge is 0.335 e. The third-order valence-corrected chi connectivity index (χ3v) is 7.43. The summed E-state index contributed by atoms with van der Waals surface area (Å²) in [5.74, 6) is -2.51. The number of carboxylic acid groups (broad SMARTS) is 1. The van der Waals surface area contributed by atoms with Gasteiger partial charge in [-0.3, -0.25) is 24.1 Å². The van der Waals surface area contributed by atoms with Crippen molar-refractivity contribution in [2.45, 2.75) is 19.3 Å². The van der Waals surface area contributed by atoms with E-state index in [0.29, 0.717) is 17.5 Å². The number of carbonyl (C=O) groups excluding carboxylic acids is 4. The van der Waals surface area contributed by atoms with Gasteiger partial charge < -0.3 is 5.11 Å². The average molecular weight is 430 g/mol. The lowest BCUT2D eigenvalue weighted by atomic mass is 9.81. The van der Waals surface area contributed by atoms with Gasteiger partial charge in [-0.15, -0.1) is 0 Å². The van der Waals surface area contributed by atoms with Crippen LogP contribution in [0, 0.1) is 23.7 Å². The van der Waals surface area contributed by atoms with Crippen molar-refractivity contribution in [3.63, 3.8) is 0 Å². The van der Waals surface area contributed by atoms with Gasteiger partial charge in [0, 0.05) is 0 Å². The molecule has 2 aromatic rings. The van der Waals surface area contributed by atoms with E-state index < -0.39 is 17.8 Å². The third kappa shape index (κ3) is 2.34. The average Bonchev–Trinajstić information content (AvgIpc) is 3.52. The fourth-order valence-electron chi connectivity index (χ4n) is 6.02. The van der Waals surface area contributed by atoms with Crippen molar-refractivity contribution in [2.75, 3.05) is 9.80 Å². The Morgan fingerprint density at radius 2 is 1.28 bits per heavy atom. The molecule has 0 unspecified atom stereocenters. The molecule has 4 aliphatic rings. The predicted molar refractivity (Wildman–Crippen MR) is 111 cm³/mol. The molecule has 0 radical (unpaired) electrons. The Morgan fingerprint density at radius 1 is 0.750 bits per heavy atom. The molecule has 8 heteroatoms. The number of benzene rings is 2. The van der Waals surface area contributed by atoms with E-state index in [2.05, 4.69) is 0 Å². The lowest BCUT2D eigenvalue weighted by Gasteiger charge is -2.19. The first-order valence-electron chi connectivity index (χ1n) is 10.6. The van der Waals surface area contributed by atoms with Crippen LogP contribution in [0.3, 0.4) is 0 Å². The Kier molecular flexibility index (Phi) is 3.75. The molecule has 2 aliphatic heterocycles. The molecule has 0 aromatic heterocycles. The second-order valence-corrected chi connectivity index (χ2v) is 8.92. The third-order valence-electron chi connectivity index (χ3n) is 7.43. The van der Waals surface area contributed by atoms with Crippen LogP contribution in [0.1, 0.15) is 50.3 Å². The normalized spacial score (nSPS) is 28.0. The summed E-state index contributed by atoms with van der Waals surface area (Å²) in [5.41, 5.74) is 0.815. The zero-order chi connectivity index (χ0) is 22.3. The molecule has 2 bridgehead atoms. The molecule has 2 aliphatic carbocycles. The summed E-state index contributed by atoms with van der Waals surface area (Å²) in [6, 6.07) is 10.0. The van der Waals surface area contributed by atoms with Crippen molar-refractivity contribution < 1.29 is 29.1 Å². The number of rotatable bonds is 3. The topological polar surface area (TPSA) is 112 Å². The van der Waals surface area contributed by atoms with Gasteiger partial charge in [-0.2, -0.15) is 0 Å². The van der Waals surface area contributed by atoms with E-state index in [4.69, 9.17) is 5.11 Å². The summed E-state index contributed by atoms with van der Waals surface area (Å²) >= 11 is 0. The van der Waals surface area contributed by atoms with Crippen molar-refractivity contribution in [1.82, 2.24) is 0 Å². The Morgan fingerprint density at radius 3 is 1.84 bits per heavy atom. The highest BCUT2D eigenvalue weighted by atomic mass is 16.4. The standard InChI is InChI=1S/C24H18N2O6/c27-20-16-8-3-13(24(31)32)10-17(16)21(28)25(20)14-4-6-15(7-5-14)26-22(29)18-11-1-2-12(9-11)19(18)23(26)30/h3-8,10-12,18-19H,1-2,9H2,(H,31,32)/t11-,12-,18-,19+/m0/s1. The van der Waals surface area contributed by atoms with E-state index >= 15 is 0 Å². The Hall–Kier alpha value is -3.81. The van der Waals surface area contributed by atoms with Crippen molar-refractivity contribution >= 4 is 41.0 Å². The van der Waals surface area contributed by atoms with Gasteiger partial charge in [-0.1, -0.05) is 0 Å². The molecular weight excluding hydrogens is 412 g/mol. The highest BCUT2D eigenvalue weighted by Gasteiger charge is 2.61. The quantitative estimate of drug-likeness (QED) is 0.750. The minimum absolute atomic E-state index is 0.0344. The van der Waals surface area contributed by atoms with Crippen LogP contribution in [-0.2, 0) is 9.59 Å². The molecule has 4 amide bonds. The maximum absolute atomic E-state index is 13.0. The van der Waals surface area contributed by atoms with Gasteiger partial charge in [-0.25, -0.2) is 9.69 Å². The van der Waals surface area contributed by atoms with E-state index in [0.717, 1.165) is 24.2 Å². The molecule has 32 heavy (non-hydrogen) atoms. The van der Waals surface area contributed by atoms with Crippen molar-refractivity contribution in [3.05, 3.63) is 59.2 Å². The van der Waals surface area contributed by atoms with E-state index in [1.807, 2.05) is 0 Å². The number of nitrogens with zero attached hydrogens (tertiary/aromatic N) is 2. The largest absolute Gasteiger partial charge is 0.478 e. The number of imide groups is 2. The predicted octanol–water partition coefficient (Wildman–Crippen LogP) is 2.72. The van der Waals surface area contributed by atoms with Crippen LogP contribution < -0.4 is 9.80 Å². The van der Waals surface area contributed by atoms with Gasteiger partial charge >= 0.3 is 5.97 Å². The molecule has 4 atom stereocenters. The Balaban J connectivity index is 1.29. The van der Waals surface area contributed by atoms with Crippen LogP contribution in [-0.4, -0.2) is 34.7 Å². The molecule has 1 N–H and O–H groups in total. The van der Waals surface area contributed by atoms with Crippen molar-refractivity contribution in [3.8, 4) is 0 Å². The van der Waals surface area contributed by atoms with Gasteiger partial charge in [0.2, 0.25) is 11.8 Å². The summed E-state index contributed by atoms with van der Waals surface area (Å²) in [5, 5.41) is 9.15. The van der Waals surface area contributed by atoms with Crippen molar-refractivity contribution in [1.29, 1.82) is 0 Å². The van der Waals surface area contributed by atoms with Crippen molar-refractivity contribution in [2.24, 2.45) is 23.7 Å². The number of fused-ring (bicyclic) bond motifs is 6. The van der Waals surface area contributed by atoms with Gasteiger partial charge in [-0.05, 0) is 73.6 Å². The monoisotopic (exact) mass is 430 g/mol. The van der Waals surface area contributed by atoms with Gasteiger partial charge in [0.25, 0.3) is 11.8 Å². The SMILES string of the molecule is O=C(O)c1ccc2c(c1)C(=O)N(c1ccc(N3C(=O)[C@@H]4[C@H]5CC[C@@H](C5)[C@@H]4C3=O)cc1)C2=O. The van der Waals surface area contributed by atoms with E-state index in [1.165, 1.54) is 35.2 Å². The highest BCUT2D eigenvalue weighted by molar-refractivity contribution is 6.34. The number of carbonyl (C=O) groups is 5. The molecule has 2 saturated carbocycles. The summed E-state index contributed by atoms with van der Waals surface area (Å²) in [7, 11) is 0. The number of aromatic carboxylic acids is 1. The van der Waals surface area contributed by atoms with Crippen LogP contribution >= 0.6 is 0 Å². The van der Waals surface area contributed by atoms with Gasteiger partial charge in [0.05, 0.1) is 39.9 Å². The highest BCUT2D eigenvalue weighted by Crippen LogP contribution is 2.56. The number of carboxylic acids is 1. The fourth-order valence-corrected chi connectivity index (χ4v) is 6.02. The summed E-state index contributed by atoms with van der Waals surface area (Å²) < 4.78 is 0. The Labute approximate surface area is 182 Å². The number of hydrogen-bond acceptors (Lipinski definition) is 5. The molecule has 8 nitrogen and oxygen atoms in total. The van der Waals surface area contributed by atoms with E-state index in [1.54, 1.807) is 12.1 Å². The maximum Gasteiger partial charge on any atom is 0.335 e. The summed E-state index contributed by atoms with van der Waals surface area (Å²) in [6.45, 7) is 0. The number of hydrogen-bond donors (Lipinski definition) is 1. The first-order chi connectivity index (χ1) is 15.4. The lowest BCUT2D eigenvalue weighted by molar-refractivity contribution is -0.123. The fraction of sp³-hybridized carbons (Fsp3) is 0.292. The van der Waals surface area contributed by atoms with Gasteiger partial charge in [0.1, 0.15) is 0 Å². The first-order valence-corrected chi connectivity index (χ1v) is 10.6. The summed E-state index contributed by atoms with van der Waals surface area (Å²) in [6.07, 6.45) is 2.96. The first kappa shape index (κ1) is 18.9. The summed E-state index contributed by atoms with van der Waals surface area (Å²) in [4.78, 5) is 65.1. The molecule has 2 heterocycles. The minimum Gasteiger partial charge on any atom is -0.478 e. The lowest BCUT2D eigenvalue weighted by Crippen LogP contribution is -2.33. The van der Waals surface area contributed by atoms with Crippen LogP contribution in [0.2, 0.25) is 0 Å². The number of amides is 4. The van der Waals surface area contributed by atoms with E-state index in [9.17, 15) is 24.0 Å². The maximum atomic E-state index is 13.0. The van der Waals surface area contributed by atoms with Crippen LogP contribution in [0.25, 0.3) is 0 Å². The Bertz CT molecular complexity index is 1220.